The number of likely N-dealkylation sites (tertiary alicyclic amines) is 1. The molecule has 138 valence electrons. The molecule has 0 aromatic carbocycles. The zero-order valence-corrected chi connectivity index (χ0v) is 14.5. The number of rotatable bonds is 2. The van der Waals surface area contributed by atoms with Crippen LogP contribution in [0, 0.1) is 5.92 Å². The van der Waals surface area contributed by atoms with E-state index >= 15 is 0 Å². The first-order valence-electron chi connectivity index (χ1n) is 9.32. The van der Waals surface area contributed by atoms with E-state index in [4.69, 9.17) is 10.5 Å². The number of piperidine rings is 1. The van der Waals surface area contributed by atoms with Crippen molar-refractivity contribution in [2.75, 3.05) is 32.0 Å². The zero-order valence-electron chi connectivity index (χ0n) is 14.5. The Labute approximate surface area is 147 Å². The van der Waals surface area contributed by atoms with Crippen molar-refractivity contribution in [3.05, 3.63) is 17.5 Å². The highest BCUT2D eigenvalue weighted by Crippen LogP contribution is 2.41. The van der Waals surface area contributed by atoms with Crippen LogP contribution in [0.3, 0.4) is 0 Å². The van der Waals surface area contributed by atoms with E-state index in [1.54, 1.807) is 0 Å². The van der Waals surface area contributed by atoms with Gasteiger partial charge in [0.15, 0.2) is 0 Å². The van der Waals surface area contributed by atoms with Gasteiger partial charge in [0.1, 0.15) is 5.60 Å². The number of nitrogens with zero attached hydrogens (tertiary/aromatic N) is 3. The Morgan fingerprint density at radius 1 is 1.20 bits per heavy atom. The molecule has 1 aliphatic carbocycles. The highest BCUT2D eigenvalue weighted by molar-refractivity contribution is 5.32. The standard InChI is InChI=1S/C18H26F2N4O/c19-18(20)4-1-13(2-5-18)12-24-8-6-17(7-9-24)15-14(3-10-25-17)11-22-16(21)23-15/h11,13H,1-10,12H2,(H2,21,22,23). The van der Waals surface area contributed by atoms with Gasteiger partial charge in [-0.15, -0.1) is 0 Å². The normalized spacial score (nSPS) is 26.5. The fourth-order valence-corrected chi connectivity index (χ4v) is 4.55. The lowest BCUT2D eigenvalue weighted by Gasteiger charge is -2.45. The summed E-state index contributed by atoms with van der Waals surface area (Å²) in [5.41, 5.74) is 7.55. The molecular weight excluding hydrogens is 326 g/mol. The molecule has 0 unspecified atom stereocenters. The Bertz CT molecular complexity index is 622. The largest absolute Gasteiger partial charge is 0.368 e. The molecular formula is C18H26F2N4O. The molecule has 1 spiro atoms. The van der Waals surface area contributed by atoms with Crippen LogP contribution >= 0.6 is 0 Å². The van der Waals surface area contributed by atoms with E-state index in [0.717, 1.165) is 50.2 Å². The average Bonchev–Trinajstić information content (AvgIpc) is 2.60. The van der Waals surface area contributed by atoms with Crippen molar-refractivity contribution >= 4 is 5.95 Å². The van der Waals surface area contributed by atoms with E-state index in [2.05, 4.69) is 14.9 Å². The van der Waals surface area contributed by atoms with Crippen LogP contribution in [0.1, 0.15) is 49.8 Å². The molecule has 3 heterocycles. The number of halogens is 2. The Balaban J connectivity index is 1.38. The van der Waals surface area contributed by atoms with E-state index in [-0.39, 0.29) is 18.4 Å². The molecule has 3 aliphatic rings. The van der Waals surface area contributed by atoms with Crippen LogP contribution < -0.4 is 5.73 Å². The predicted octanol–water partition coefficient (Wildman–Crippen LogP) is 2.75. The molecule has 5 nitrogen and oxygen atoms in total. The second-order valence-corrected chi connectivity index (χ2v) is 7.79. The summed E-state index contributed by atoms with van der Waals surface area (Å²) < 4.78 is 32.8. The first-order chi connectivity index (χ1) is 12.0. The fourth-order valence-electron chi connectivity index (χ4n) is 4.55. The van der Waals surface area contributed by atoms with Crippen molar-refractivity contribution in [2.45, 2.75) is 56.5 Å². The third-order valence-corrected chi connectivity index (χ3v) is 6.08. The molecule has 0 bridgehead atoms. The maximum absolute atomic E-state index is 13.3. The molecule has 25 heavy (non-hydrogen) atoms. The van der Waals surface area contributed by atoms with Crippen LogP contribution in [0.2, 0.25) is 0 Å². The van der Waals surface area contributed by atoms with E-state index < -0.39 is 5.92 Å². The minimum Gasteiger partial charge on any atom is -0.368 e. The van der Waals surface area contributed by atoms with Crippen molar-refractivity contribution < 1.29 is 13.5 Å². The number of fused-ring (bicyclic) bond motifs is 2. The summed E-state index contributed by atoms with van der Waals surface area (Å²) in [6.45, 7) is 3.44. The van der Waals surface area contributed by atoms with Crippen LogP contribution in [-0.2, 0) is 16.8 Å². The van der Waals surface area contributed by atoms with Crippen molar-refractivity contribution in [3.8, 4) is 0 Å². The highest BCUT2D eigenvalue weighted by atomic mass is 19.3. The number of alkyl halides is 2. The Hall–Kier alpha value is -1.34. The number of nitrogens with two attached hydrogens (primary N) is 1. The first kappa shape index (κ1) is 17.1. The number of hydrogen-bond donors (Lipinski definition) is 1. The summed E-state index contributed by atoms with van der Waals surface area (Å²) in [5, 5.41) is 0. The van der Waals surface area contributed by atoms with Crippen LogP contribution in [0.4, 0.5) is 14.7 Å². The van der Waals surface area contributed by atoms with Gasteiger partial charge in [-0.05, 0) is 43.6 Å². The van der Waals surface area contributed by atoms with Crippen molar-refractivity contribution in [1.29, 1.82) is 0 Å². The van der Waals surface area contributed by atoms with Crippen LogP contribution in [0.25, 0.3) is 0 Å². The summed E-state index contributed by atoms with van der Waals surface area (Å²) in [4.78, 5) is 11.0. The van der Waals surface area contributed by atoms with E-state index in [9.17, 15) is 8.78 Å². The molecule has 2 aliphatic heterocycles. The van der Waals surface area contributed by atoms with Gasteiger partial charge >= 0.3 is 0 Å². The van der Waals surface area contributed by atoms with Gasteiger partial charge in [0.2, 0.25) is 11.9 Å². The second kappa shape index (κ2) is 6.43. The Morgan fingerprint density at radius 3 is 2.64 bits per heavy atom. The lowest BCUT2D eigenvalue weighted by molar-refractivity contribution is -0.104. The van der Waals surface area contributed by atoms with Crippen molar-refractivity contribution in [3.63, 3.8) is 0 Å². The maximum Gasteiger partial charge on any atom is 0.248 e. The van der Waals surface area contributed by atoms with Gasteiger partial charge in [-0.3, -0.25) is 0 Å². The number of aromatic nitrogens is 2. The fraction of sp³-hybridized carbons (Fsp3) is 0.778. The van der Waals surface area contributed by atoms with Gasteiger partial charge in [0.25, 0.3) is 0 Å². The summed E-state index contributed by atoms with van der Waals surface area (Å²) in [5.74, 6) is -1.75. The van der Waals surface area contributed by atoms with E-state index in [0.29, 0.717) is 31.3 Å². The van der Waals surface area contributed by atoms with Gasteiger partial charge in [-0.1, -0.05) is 0 Å². The van der Waals surface area contributed by atoms with Crippen molar-refractivity contribution in [1.82, 2.24) is 14.9 Å². The first-order valence-corrected chi connectivity index (χ1v) is 9.32. The Kier molecular flexibility index (Phi) is 4.40. The predicted molar refractivity (Wildman–Crippen MR) is 90.4 cm³/mol. The lowest BCUT2D eigenvalue weighted by atomic mass is 9.82. The van der Waals surface area contributed by atoms with Crippen LogP contribution in [0.5, 0.6) is 0 Å². The third kappa shape index (κ3) is 3.49. The summed E-state index contributed by atoms with van der Waals surface area (Å²) >= 11 is 0. The minimum atomic E-state index is -2.44. The van der Waals surface area contributed by atoms with Crippen LogP contribution in [0.15, 0.2) is 6.20 Å². The minimum absolute atomic E-state index is 0.0438. The van der Waals surface area contributed by atoms with Gasteiger partial charge in [0.05, 0.1) is 12.3 Å². The molecule has 2 fully saturated rings. The topological polar surface area (TPSA) is 64.3 Å². The molecule has 0 radical (unpaired) electrons. The van der Waals surface area contributed by atoms with Gasteiger partial charge in [0, 0.05) is 38.7 Å². The molecule has 0 atom stereocenters. The van der Waals surface area contributed by atoms with Gasteiger partial charge in [-0.2, -0.15) is 0 Å². The monoisotopic (exact) mass is 352 g/mol. The number of hydrogen-bond acceptors (Lipinski definition) is 5. The molecule has 1 aromatic rings. The van der Waals surface area contributed by atoms with E-state index in [1.807, 2.05) is 6.20 Å². The lowest BCUT2D eigenvalue weighted by Crippen LogP contribution is -2.48. The SMILES string of the molecule is Nc1ncc2c(n1)C1(CCN(CC3CCC(F)(F)CC3)CC1)OCC2. The molecule has 2 N–H and O–H groups in total. The van der Waals surface area contributed by atoms with Crippen LogP contribution in [-0.4, -0.2) is 47.0 Å². The smallest absolute Gasteiger partial charge is 0.248 e. The second-order valence-electron chi connectivity index (χ2n) is 7.79. The Morgan fingerprint density at radius 2 is 1.92 bits per heavy atom. The third-order valence-electron chi connectivity index (χ3n) is 6.08. The molecule has 1 aromatic heterocycles. The summed E-state index contributed by atoms with van der Waals surface area (Å²) in [6, 6.07) is 0. The molecule has 1 saturated heterocycles. The highest BCUT2D eigenvalue weighted by Gasteiger charge is 2.43. The summed E-state index contributed by atoms with van der Waals surface area (Å²) in [7, 11) is 0. The zero-order chi connectivity index (χ0) is 17.5. The molecule has 0 amide bonds. The molecule has 7 heteroatoms. The quantitative estimate of drug-likeness (QED) is 0.887. The maximum atomic E-state index is 13.3. The average molecular weight is 352 g/mol. The number of anilines is 1. The van der Waals surface area contributed by atoms with Gasteiger partial charge < -0.3 is 15.4 Å². The molecule has 4 rings (SSSR count). The number of nitrogen functional groups attached to an aromatic ring is 1. The van der Waals surface area contributed by atoms with Gasteiger partial charge in [-0.25, -0.2) is 18.7 Å². The summed E-state index contributed by atoms with van der Waals surface area (Å²) in [6.07, 6.45) is 5.77. The number of ether oxygens (including phenoxy) is 1. The van der Waals surface area contributed by atoms with E-state index in [1.165, 1.54) is 0 Å². The van der Waals surface area contributed by atoms with Crippen molar-refractivity contribution in [2.24, 2.45) is 5.92 Å². The molecule has 1 saturated carbocycles.